The van der Waals surface area contributed by atoms with E-state index in [1.807, 2.05) is 61.5 Å². The molecule has 0 unspecified atom stereocenters. The van der Waals surface area contributed by atoms with Crippen LogP contribution in [0.15, 0.2) is 83.2 Å². The molecule has 0 spiro atoms. The molecule has 0 aliphatic rings. The van der Waals surface area contributed by atoms with Crippen LogP contribution in [-0.2, 0) is 0 Å². The van der Waals surface area contributed by atoms with E-state index in [0.29, 0.717) is 0 Å². The normalized spacial score (nSPS) is 12.6. The maximum Gasteiger partial charge on any atom is 0.0936 e. The number of rotatable bonds is 4. The van der Waals surface area contributed by atoms with E-state index in [2.05, 4.69) is 16.8 Å². The summed E-state index contributed by atoms with van der Waals surface area (Å²) in [4.78, 5) is 0. The first kappa shape index (κ1) is 13.7. The Morgan fingerprint density at radius 2 is 1.90 bits per heavy atom. The minimum Gasteiger partial charge on any atom is -0.398 e. The summed E-state index contributed by atoms with van der Waals surface area (Å²) in [6, 6.07) is 11.6. The van der Waals surface area contributed by atoms with Gasteiger partial charge in [-0.05, 0) is 25.1 Å². The molecule has 2 aromatic carbocycles. The third kappa shape index (κ3) is 3.01. The summed E-state index contributed by atoms with van der Waals surface area (Å²) in [7, 11) is 0. The molecule has 0 fully saturated rings. The van der Waals surface area contributed by atoms with Gasteiger partial charge in [0.1, 0.15) is 0 Å². The van der Waals surface area contributed by atoms with Crippen LogP contribution in [0.4, 0.5) is 11.4 Å². The van der Waals surface area contributed by atoms with Gasteiger partial charge in [-0.15, -0.1) is 5.11 Å². The first-order chi connectivity index (χ1) is 9.76. The van der Waals surface area contributed by atoms with E-state index in [1.165, 1.54) is 0 Å². The second-order valence-electron chi connectivity index (χ2n) is 4.23. The molecule has 0 amide bonds. The van der Waals surface area contributed by atoms with Crippen molar-refractivity contribution in [1.29, 1.82) is 0 Å². The minimum atomic E-state index is 0.748. The van der Waals surface area contributed by atoms with E-state index >= 15 is 0 Å². The maximum absolute atomic E-state index is 5.97. The summed E-state index contributed by atoms with van der Waals surface area (Å²) in [6.45, 7) is 5.56. The van der Waals surface area contributed by atoms with Gasteiger partial charge >= 0.3 is 0 Å². The highest BCUT2D eigenvalue weighted by atomic mass is 15.1. The Morgan fingerprint density at radius 3 is 2.60 bits per heavy atom. The van der Waals surface area contributed by atoms with Crippen molar-refractivity contribution in [3.05, 3.63) is 73.0 Å². The number of fused-ring (bicyclic) bond motifs is 1. The molecule has 0 saturated carbocycles. The van der Waals surface area contributed by atoms with Gasteiger partial charge in [0, 0.05) is 16.5 Å². The first-order valence-corrected chi connectivity index (χ1v) is 6.40. The van der Waals surface area contributed by atoms with E-state index in [0.717, 1.165) is 27.8 Å². The Morgan fingerprint density at radius 1 is 1.15 bits per heavy atom. The number of azo groups is 1. The highest BCUT2D eigenvalue weighted by Crippen LogP contribution is 2.30. The lowest BCUT2D eigenvalue weighted by Gasteiger charge is -2.04. The summed E-state index contributed by atoms with van der Waals surface area (Å²) in [5.41, 5.74) is 8.30. The predicted molar refractivity (Wildman–Crippen MR) is 86.0 cm³/mol. The Balaban J connectivity index is 2.42. The molecule has 0 bridgehead atoms. The zero-order valence-corrected chi connectivity index (χ0v) is 11.5. The molecule has 3 heteroatoms. The van der Waals surface area contributed by atoms with Gasteiger partial charge in [0.05, 0.1) is 11.4 Å². The second kappa shape index (κ2) is 6.48. The second-order valence-corrected chi connectivity index (χ2v) is 4.23. The van der Waals surface area contributed by atoms with Gasteiger partial charge < -0.3 is 5.73 Å². The highest BCUT2D eigenvalue weighted by molar-refractivity contribution is 5.99. The molecule has 100 valence electrons. The molecule has 0 saturated heterocycles. The van der Waals surface area contributed by atoms with E-state index in [-0.39, 0.29) is 0 Å². The zero-order valence-electron chi connectivity index (χ0n) is 11.5. The van der Waals surface area contributed by atoms with E-state index in [4.69, 9.17) is 5.73 Å². The Hall–Kier alpha value is -2.68. The SMILES string of the molecule is C=C/C=C\C(=C/C)N=Nc1ccc(N)c2ccccc12. The monoisotopic (exact) mass is 263 g/mol. The summed E-state index contributed by atoms with van der Waals surface area (Å²) in [5.74, 6) is 0. The Bertz CT molecular complexity index is 709. The Kier molecular flexibility index (Phi) is 4.45. The molecule has 0 atom stereocenters. The highest BCUT2D eigenvalue weighted by Gasteiger charge is 2.02. The van der Waals surface area contributed by atoms with Crippen molar-refractivity contribution in [2.45, 2.75) is 6.92 Å². The number of hydrogen-bond acceptors (Lipinski definition) is 3. The summed E-state index contributed by atoms with van der Waals surface area (Å²) in [5, 5.41) is 10.5. The third-order valence-electron chi connectivity index (χ3n) is 2.91. The van der Waals surface area contributed by atoms with Crippen molar-refractivity contribution in [2.75, 3.05) is 5.73 Å². The smallest absolute Gasteiger partial charge is 0.0936 e. The van der Waals surface area contributed by atoms with Crippen LogP contribution in [0.5, 0.6) is 0 Å². The number of nitrogens with zero attached hydrogens (tertiary/aromatic N) is 2. The topological polar surface area (TPSA) is 50.7 Å². The average Bonchev–Trinajstić information content (AvgIpc) is 2.49. The van der Waals surface area contributed by atoms with Crippen molar-refractivity contribution in [3.8, 4) is 0 Å². The first-order valence-electron chi connectivity index (χ1n) is 6.40. The van der Waals surface area contributed by atoms with Crippen LogP contribution < -0.4 is 5.73 Å². The van der Waals surface area contributed by atoms with Crippen molar-refractivity contribution < 1.29 is 0 Å². The molecule has 0 aromatic heterocycles. The number of nitrogens with two attached hydrogens (primary N) is 1. The zero-order chi connectivity index (χ0) is 14.4. The minimum absolute atomic E-state index is 0.748. The van der Waals surface area contributed by atoms with Gasteiger partial charge in [-0.3, -0.25) is 0 Å². The number of benzene rings is 2. The Labute approximate surface area is 118 Å². The van der Waals surface area contributed by atoms with Crippen LogP contribution in [-0.4, -0.2) is 0 Å². The predicted octanol–water partition coefficient (Wildman–Crippen LogP) is 5.15. The molecule has 2 rings (SSSR count). The number of nitrogen functional groups attached to an aromatic ring is 1. The van der Waals surface area contributed by atoms with Crippen LogP contribution in [0.1, 0.15) is 6.92 Å². The molecular weight excluding hydrogens is 246 g/mol. The fraction of sp³-hybridized carbons (Fsp3) is 0.0588. The van der Waals surface area contributed by atoms with Gasteiger partial charge in [0.2, 0.25) is 0 Å². The summed E-state index contributed by atoms with van der Waals surface area (Å²) in [6.07, 6.45) is 7.28. The number of anilines is 1. The molecule has 0 heterocycles. The lowest BCUT2D eigenvalue weighted by molar-refractivity contribution is 1.17. The number of allylic oxidation sites excluding steroid dienone is 4. The standard InChI is InChI=1S/C17H17N3/c1-3-5-8-13(4-2)19-20-17-12-11-16(18)14-9-6-7-10-15(14)17/h3-12H,1,18H2,2H3/b8-5-,13-4+,20-19?. The molecule has 0 aliphatic heterocycles. The molecular formula is C17H17N3. The van der Waals surface area contributed by atoms with Crippen molar-refractivity contribution in [2.24, 2.45) is 10.2 Å². The van der Waals surface area contributed by atoms with Crippen LogP contribution in [0, 0.1) is 0 Å². The lowest BCUT2D eigenvalue weighted by Crippen LogP contribution is -1.86. The van der Waals surface area contributed by atoms with E-state index < -0.39 is 0 Å². The maximum atomic E-state index is 5.97. The van der Waals surface area contributed by atoms with Gasteiger partial charge in [-0.1, -0.05) is 49.1 Å². The fourth-order valence-corrected chi connectivity index (χ4v) is 1.86. The van der Waals surface area contributed by atoms with Crippen LogP contribution in [0.2, 0.25) is 0 Å². The number of hydrogen-bond donors (Lipinski definition) is 1. The molecule has 0 radical (unpaired) electrons. The van der Waals surface area contributed by atoms with Crippen molar-refractivity contribution >= 4 is 22.1 Å². The van der Waals surface area contributed by atoms with Gasteiger partial charge in [-0.25, -0.2) is 0 Å². The quantitative estimate of drug-likeness (QED) is 0.463. The van der Waals surface area contributed by atoms with Crippen LogP contribution >= 0.6 is 0 Å². The van der Waals surface area contributed by atoms with Gasteiger partial charge in [0.25, 0.3) is 0 Å². The average molecular weight is 263 g/mol. The van der Waals surface area contributed by atoms with Crippen molar-refractivity contribution in [3.63, 3.8) is 0 Å². The largest absolute Gasteiger partial charge is 0.398 e. The third-order valence-corrected chi connectivity index (χ3v) is 2.91. The molecule has 2 aromatic rings. The molecule has 3 nitrogen and oxygen atoms in total. The lowest BCUT2D eigenvalue weighted by atomic mass is 10.1. The van der Waals surface area contributed by atoms with Crippen LogP contribution in [0.25, 0.3) is 10.8 Å². The van der Waals surface area contributed by atoms with Gasteiger partial charge in [-0.2, -0.15) is 5.11 Å². The summed E-state index contributed by atoms with van der Waals surface area (Å²) >= 11 is 0. The molecule has 0 aliphatic carbocycles. The van der Waals surface area contributed by atoms with E-state index in [1.54, 1.807) is 6.08 Å². The van der Waals surface area contributed by atoms with Crippen molar-refractivity contribution in [1.82, 2.24) is 0 Å². The van der Waals surface area contributed by atoms with Crippen LogP contribution in [0.3, 0.4) is 0 Å². The fourth-order valence-electron chi connectivity index (χ4n) is 1.86. The van der Waals surface area contributed by atoms with E-state index in [9.17, 15) is 0 Å². The summed E-state index contributed by atoms with van der Waals surface area (Å²) < 4.78 is 0. The molecule has 20 heavy (non-hydrogen) atoms. The van der Waals surface area contributed by atoms with Gasteiger partial charge in [0.15, 0.2) is 0 Å². The molecule has 2 N–H and O–H groups in total.